The summed E-state index contributed by atoms with van der Waals surface area (Å²) in [5, 5.41) is 8.53. The Kier molecular flexibility index (Phi) is 3.94. The molecule has 8 heteroatoms. The first-order chi connectivity index (χ1) is 14.0. The van der Waals surface area contributed by atoms with E-state index in [1.165, 1.54) is 5.56 Å². The van der Waals surface area contributed by atoms with Crippen molar-refractivity contribution in [2.45, 2.75) is 25.2 Å². The minimum absolute atomic E-state index is 0.271. The number of hydrogen-bond acceptors (Lipinski definition) is 7. The third kappa shape index (κ3) is 3.06. The maximum atomic E-state index is 5.59. The van der Waals surface area contributed by atoms with Crippen LogP contribution in [0.3, 0.4) is 0 Å². The van der Waals surface area contributed by atoms with Crippen molar-refractivity contribution in [3.63, 3.8) is 0 Å². The molecular formula is C21H21N7O. The van der Waals surface area contributed by atoms with Gasteiger partial charge in [-0.05, 0) is 36.8 Å². The lowest BCUT2D eigenvalue weighted by molar-refractivity contribution is 0.386. The first kappa shape index (κ1) is 17.5. The molecule has 1 unspecified atom stereocenters. The number of aromatic nitrogens is 6. The summed E-state index contributed by atoms with van der Waals surface area (Å²) in [6, 6.07) is 8.41. The number of nitrogens with zero attached hydrogens (tertiary/aromatic N) is 6. The van der Waals surface area contributed by atoms with Crippen LogP contribution in [0.4, 0.5) is 5.95 Å². The zero-order valence-corrected chi connectivity index (χ0v) is 16.3. The van der Waals surface area contributed by atoms with Crippen LogP contribution in [0.25, 0.3) is 22.6 Å². The van der Waals surface area contributed by atoms with Crippen molar-refractivity contribution in [2.75, 3.05) is 5.73 Å². The van der Waals surface area contributed by atoms with E-state index in [1.807, 2.05) is 13.2 Å². The Morgan fingerprint density at radius 2 is 1.76 bits per heavy atom. The van der Waals surface area contributed by atoms with E-state index >= 15 is 0 Å². The normalized spacial score (nSPS) is 15.9. The maximum Gasteiger partial charge on any atom is 0.261 e. The highest BCUT2D eigenvalue weighted by atomic mass is 16.5. The molecule has 4 aromatic rings. The van der Waals surface area contributed by atoms with Crippen LogP contribution in [0.15, 0.2) is 53.6 Å². The number of rotatable bonds is 5. The van der Waals surface area contributed by atoms with Gasteiger partial charge < -0.3 is 10.3 Å². The Balaban J connectivity index is 1.50. The molecule has 2 N–H and O–H groups in total. The zero-order valence-electron chi connectivity index (χ0n) is 16.3. The molecule has 1 fully saturated rings. The van der Waals surface area contributed by atoms with Gasteiger partial charge in [0.2, 0.25) is 5.95 Å². The average molecular weight is 387 g/mol. The van der Waals surface area contributed by atoms with Gasteiger partial charge >= 0.3 is 0 Å². The third-order valence-corrected chi connectivity index (χ3v) is 5.73. The molecule has 1 aromatic carbocycles. The first-order valence-corrected chi connectivity index (χ1v) is 9.55. The lowest BCUT2D eigenvalue weighted by Crippen LogP contribution is -2.28. The average Bonchev–Trinajstić information content (AvgIpc) is 3.32. The minimum atomic E-state index is -0.305. The van der Waals surface area contributed by atoms with Gasteiger partial charge in [0.1, 0.15) is 0 Å². The summed E-state index contributed by atoms with van der Waals surface area (Å²) in [4.78, 5) is 12.9. The quantitative estimate of drug-likeness (QED) is 0.560. The van der Waals surface area contributed by atoms with E-state index in [-0.39, 0.29) is 11.4 Å². The molecule has 0 amide bonds. The molecule has 0 saturated heterocycles. The smallest absolute Gasteiger partial charge is 0.261 e. The van der Waals surface area contributed by atoms with Gasteiger partial charge in [-0.15, -0.1) is 0 Å². The van der Waals surface area contributed by atoms with Crippen LogP contribution in [0.2, 0.25) is 0 Å². The maximum absolute atomic E-state index is 5.59. The second kappa shape index (κ2) is 6.51. The van der Waals surface area contributed by atoms with Gasteiger partial charge in [-0.1, -0.05) is 29.4 Å². The number of hydrogen-bond donors (Lipinski definition) is 1. The van der Waals surface area contributed by atoms with Crippen LogP contribution in [-0.2, 0) is 12.5 Å². The van der Waals surface area contributed by atoms with Crippen LogP contribution in [0.1, 0.15) is 31.2 Å². The standard InChI is InChI=1S/C21H21N7O/c1-21(17-7-8-17,19-26-18(29-27-19)15-11-25-28(2)12-15)16-5-3-13(4-6-16)14-9-23-20(22)24-10-14/h3-6,9-12,17H,7-8H2,1-2H3,(H2,22,23,24). The van der Waals surface area contributed by atoms with Gasteiger partial charge in [0.15, 0.2) is 5.82 Å². The summed E-state index contributed by atoms with van der Waals surface area (Å²) in [6.45, 7) is 2.20. The van der Waals surface area contributed by atoms with Crippen LogP contribution < -0.4 is 5.73 Å². The molecule has 0 aliphatic heterocycles. The predicted molar refractivity (Wildman–Crippen MR) is 108 cm³/mol. The van der Waals surface area contributed by atoms with E-state index in [0.717, 1.165) is 29.5 Å². The largest absolute Gasteiger partial charge is 0.368 e. The molecule has 1 atom stereocenters. The molecule has 1 aliphatic rings. The highest BCUT2D eigenvalue weighted by Gasteiger charge is 2.47. The topological polar surface area (TPSA) is 109 Å². The molecule has 0 bridgehead atoms. The molecule has 0 spiro atoms. The fourth-order valence-corrected chi connectivity index (χ4v) is 3.79. The minimum Gasteiger partial charge on any atom is -0.368 e. The van der Waals surface area contributed by atoms with Crippen molar-refractivity contribution >= 4 is 5.95 Å². The summed E-state index contributed by atoms with van der Waals surface area (Å²) >= 11 is 0. The SMILES string of the molecule is Cn1cc(-c2nc(C(C)(c3ccc(-c4cnc(N)nc4)cc3)C3CC3)no2)cn1. The van der Waals surface area contributed by atoms with E-state index < -0.39 is 0 Å². The van der Waals surface area contributed by atoms with Crippen molar-refractivity contribution in [3.05, 3.63) is 60.4 Å². The summed E-state index contributed by atoms with van der Waals surface area (Å²) < 4.78 is 7.29. The predicted octanol–water partition coefficient (Wildman–Crippen LogP) is 3.23. The Morgan fingerprint density at radius 1 is 1.03 bits per heavy atom. The summed E-state index contributed by atoms with van der Waals surface area (Å²) in [5.41, 5.74) is 9.23. The van der Waals surface area contributed by atoms with E-state index in [1.54, 1.807) is 23.3 Å². The zero-order chi connectivity index (χ0) is 20.0. The lowest BCUT2D eigenvalue weighted by Gasteiger charge is -2.27. The monoisotopic (exact) mass is 387 g/mol. The number of nitrogens with two attached hydrogens (primary N) is 1. The van der Waals surface area contributed by atoms with Gasteiger partial charge in [-0.2, -0.15) is 10.1 Å². The molecule has 0 radical (unpaired) electrons. The molecule has 3 aromatic heterocycles. The van der Waals surface area contributed by atoms with Crippen LogP contribution in [-0.4, -0.2) is 29.9 Å². The fourth-order valence-electron chi connectivity index (χ4n) is 3.79. The third-order valence-electron chi connectivity index (χ3n) is 5.73. The van der Waals surface area contributed by atoms with E-state index in [2.05, 4.69) is 51.4 Å². The van der Waals surface area contributed by atoms with Gasteiger partial charge in [-0.25, -0.2) is 9.97 Å². The summed E-state index contributed by atoms with van der Waals surface area (Å²) in [6.07, 6.45) is 9.37. The molecule has 3 heterocycles. The number of anilines is 1. The summed E-state index contributed by atoms with van der Waals surface area (Å²) in [5.74, 6) is 1.97. The highest BCUT2D eigenvalue weighted by Crippen LogP contribution is 2.50. The van der Waals surface area contributed by atoms with Gasteiger partial charge in [0, 0.05) is 31.2 Å². The van der Waals surface area contributed by atoms with Crippen molar-refractivity contribution in [3.8, 4) is 22.6 Å². The Labute approximate surface area is 167 Å². The molecular weight excluding hydrogens is 366 g/mol. The van der Waals surface area contributed by atoms with Crippen LogP contribution in [0, 0.1) is 5.92 Å². The molecule has 1 saturated carbocycles. The van der Waals surface area contributed by atoms with Gasteiger partial charge in [0.25, 0.3) is 5.89 Å². The van der Waals surface area contributed by atoms with Crippen molar-refractivity contribution < 1.29 is 4.52 Å². The molecule has 1 aliphatic carbocycles. The van der Waals surface area contributed by atoms with Crippen molar-refractivity contribution in [1.29, 1.82) is 0 Å². The van der Waals surface area contributed by atoms with E-state index in [9.17, 15) is 0 Å². The molecule has 146 valence electrons. The molecule has 5 rings (SSSR count). The Bertz CT molecular complexity index is 1140. The Morgan fingerprint density at radius 3 is 2.38 bits per heavy atom. The van der Waals surface area contributed by atoms with E-state index in [0.29, 0.717) is 17.6 Å². The number of benzene rings is 1. The van der Waals surface area contributed by atoms with Crippen molar-refractivity contribution in [1.82, 2.24) is 29.9 Å². The second-order valence-corrected chi connectivity index (χ2v) is 7.71. The van der Waals surface area contributed by atoms with Crippen LogP contribution in [0.5, 0.6) is 0 Å². The van der Waals surface area contributed by atoms with Gasteiger partial charge in [0.05, 0.1) is 17.2 Å². The fraction of sp³-hybridized carbons (Fsp3) is 0.286. The summed E-state index contributed by atoms with van der Waals surface area (Å²) in [7, 11) is 1.86. The highest BCUT2D eigenvalue weighted by molar-refractivity contribution is 5.63. The number of nitrogen functional groups attached to an aromatic ring is 1. The van der Waals surface area contributed by atoms with Crippen LogP contribution >= 0.6 is 0 Å². The number of aryl methyl sites for hydroxylation is 1. The Hall–Kier alpha value is -3.55. The molecule has 8 nitrogen and oxygen atoms in total. The van der Waals surface area contributed by atoms with E-state index in [4.69, 9.17) is 15.2 Å². The first-order valence-electron chi connectivity index (χ1n) is 9.55. The molecule has 29 heavy (non-hydrogen) atoms. The lowest BCUT2D eigenvalue weighted by atomic mass is 9.77. The second-order valence-electron chi connectivity index (χ2n) is 7.71. The van der Waals surface area contributed by atoms with Crippen molar-refractivity contribution in [2.24, 2.45) is 13.0 Å². The van der Waals surface area contributed by atoms with Gasteiger partial charge in [-0.3, -0.25) is 4.68 Å².